The van der Waals surface area contributed by atoms with Crippen molar-refractivity contribution in [2.45, 2.75) is 18.9 Å². The number of esters is 1. The third-order valence-electron chi connectivity index (χ3n) is 2.57. The zero-order chi connectivity index (χ0) is 10.7. The molecule has 0 saturated carbocycles. The molecule has 1 aliphatic heterocycles. The second-order valence-electron chi connectivity index (χ2n) is 3.52. The topological polar surface area (TPSA) is 35.5 Å². The molecule has 0 amide bonds. The maximum absolute atomic E-state index is 11.5. The first-order valence-electron chi connectivity index (χ1n) is 5.16. The number of ether oxygens (including phenoxy) is 2. The Labute approximate surface area is 89.0 Å². The van der Waals surface area contributed by atoms with Gasteiger partial charge in [-0.05, 0) is 12.5 Å². The first kappa shape index (κ1) is 10.2. The molecular weight excluding hydrogens is 192 g/mol. The SMILES string of the molecule is CCOC(=O)[C@@H]1OC[C@@H]1c1ccccc1. The summed E-state index contributed by atoms with van der Waals surface area (Å²) in [7, 11) is 0. The Morgan fingerprint density at radius 3 is 2.73 bits per heavy atom. The van der Waals surface area contributed by atoms with Crippen molar-refractivity contribution in [2.24, 2.45) is 0 Å². The fraction of sp³-hybridized carbons (Fsp3) is 0.417. The molecule has 1 aliphatic rings. The molecule has 0 bridgehead atoms. The van der Waals surface area contributed by atoms with Gasteiger partial charge in [-0.1, -0.05) is 30.3 Å². The van der Waals surface area contributed by atoms with E-state index in [-0.39, 0.29) is 11.9 Å². The Bertz CT molecular complexity index is 334. The van der Waals surface area contributed by atoms with Crippen molar-refractivity contribution < 1.29 is 14.3 Å². The molecule has 15 heavy (non-hydrogen) atoms. The van der Waals surface area contributed by atoms with Gasteiger partial charge in [0, 0.05) is 5.92 Å². The van der Waals surface area contributed by atoms with Gasteiger partial charge < -0.3 is 9.47 Å². The van der Waals surface area contributed by atoms with E-state index < -0.39 is 6.10 Å². The summed E-state index contributed by atoms with van der Waals surface area (Å²) >= 11 is 0. The Morgan fingerprint density at radius 1 is 1.47 bits per heavy atom. The Hall–Kier alpha value is -1.35. The van der Waals surface area contributed by atoms with E-state index in [2.05, 4.69) is 0 Å². The Balaban J connectivity index is 2.03. The van der Waals surface area contributed by atoms with Gasteiger partial charge in [0.2, 0.25) is 0 Å². The van der Waals surface area contributed by atoms with Gasteiger partial charge in [0.05, 0.1) is 13.2 Å². The normalized spacial score (nSPS) is 24.3. The highest BCUT2D eigenvalue weighted by atomic mass is 16.6. The molecule has 1 aromatic rings. The Morgan fingerprint density at radius 2 is 2.20 bits per heavy atom. The van der Waals surface area contributed by atoms with Crippen LogP contribution in [0.1, 0.15) is 18.4 Å². The average molecular weight is 206 g/mol. The van der Waals surface area contributed by atoms with Crippen molar-refractivity contribution >= 4 is 5.97 Å². The smallest absolute Gasteiger partial charge is 0.335 e. The van der Waals surface area contributed by atoms with E-state index in [1.807, 2.05) is 30.3 Å². The highest BCUT2D eigenvalue weighted by molar-refractivity contribution is 5.77. The molecule has 0 radical (unpaired) electrons. The fourth-order valence-corrected chi connectivity index (χ4v) is 1.72. The molecule has 2 atom stereocenters. The molecule has 3 heteroatoms. The number of rotatable bonds is 3. The summed E-state index contributed by atoms with van der Waals surface area (Å²) in [5.74, 6) is -0.0946. The van der Waals surface area contributed by atoms with E-state index in [0.29, 0.717) is 13.2 Å². The molecule has 1 aromatic carbocycles. The first-order valence-corrected chi connectivity index (χ1v) is 5.16. The van der Waals surface area contributed by atoms with Crippen LogP contribution in [0, 0.1) is 0 Å². The quantitative estimate of drug-likeness (QED) is 0.706. The van der Waals surface area contributed by atoms with Crippen molar-refractivity contribution in [3.05, 3.63) is 35.9 Å². The lowest BCUT2D eigenvalue weighted by Crippen LogP contribution is -2.44. The van der Waals surface area contributed by atoms with E-state index >= 15 is 0 Å². The monoisotopic (exact) mass is 206 g/mol. The zero-order valence-corrected chi connectivity index (χ0v) is 8.68. The van der Waals surface area contributed by atoms with Crippen LogP contribution in [0.3, 0.4) is 0 Å². The number of hydrogen-bond donors (Lipinski definition) is 0. The van der Waals surface area contributed by atoms with E-state index in [0.717, 1.165) is 5.56 Å². The summed E-state index contributed by atoms with van der Waals surface area (Å²) < 4.78 is 10.2. The van der Waals surface area contributed by atoms with E-state index in [1.165, 1.54) is 0 Å². The van der Waals surface area contributed by atoms with Gasteiger partial charge in [-0.3, -0.25) is 0 Å². The lowest BCUT2D eigenvalue weighted by Gasteiger charge is -2.35. The third kappa shape index (κ3) is 2.02. The molecule has 0 spiro atoms. The van der Waals surface area contributed by atoms with E-state index in [4.69, 9.17) is 9.47 Å². The van der Waals surface area contributed by atoms with Crippen molar-refractivity contribution in [1.29, 1.82) is 0 Å². The highest BCUT2D eigenvalue weighted by Crippen LogP contribution is 2.31. The van der Waals surface area contributed by atoms with Gasteiger partial charge in [-0.15, -0.1) is 0 Å². The van der Waals surface area contributed by atoms with Gasteiger partial charge >= 0.3 is 5.97 Å². The van der Waals surface area contributed by atoms with Crippen LogP contribution in [0.4, 0.5) is 0 Å². The molecular formula is C12H14O3. The maximum Gasteiger partial charge on any atom is 0.335 e. The molecule has 1 fully saturated rings. The molecule has 0 aliphatic carbocycles. The number of carbonyl (C=O) groups is 1. The minimum absolute atomic E-state index is 0.158. The molecule has 0 N–H and O–H groups in total. The highest BCUT2D eigenvalue weighted by Gasteiger charge is 2.39. The predicted molar refractivity (Wildman–Crippen MR) is 55.6 cm³/mol. The van der Waals surface area contributed by atoms with Gasteiger partial charge in [-0.2, -0.15) is 0 Å². The molecule has 1 heterocycles. The van der Waals surface area contributed by atoms with Crippen LogP contribution < -0.4 is 0 Å². The van der Waals surface area contributed by atoms with Crippen molar-refractivity contribution in [3.63, 3.8) is 0 Å². The van der Waals surface area contributed by atoms with Crippen molar-refractivity contribution in [2.75, 3.05) is 13.2 Å². The van der Waals surface area contributed by atoms with Crippen LogP contribution in [0.2, 0.25) is 0 Å². The second kappa shape index (κ2) is 4.45. The van der Waals surface area contributed by atoms with Gasteiger partial charge in [0.15, 0.2) is 6.10 Å². The molecule has 3 nitrogen and oxygen atoms in total. The summed E-state index contributed by atoms with van der Waals surface area (Å²) in [6.45, 7) is 2.81. The lowest BCUT2D eigenvalue weighted by atomic mass is 9.90. The van der Waals surface area contributed by atoms with Crippen LogP contribution in [0.15, 0.2) is 30.3 Å². The van der Waals surface area contributed by atoms with Crippen LogP contribution in [0.5, 0.6) is 0 Å². The number of hydrogen-bond acceptors (Lipinski definition) is 3. The fourth-order valence-electron chi connectivity index (χ4n) is 1.72. The summed E-state index contributed by atoms with van der Waals surface area (Å²) in [6, 6.07) is 9.92. The molecule has 2 rings (SSSR count). The lowest BCUT2D eigenvalue weighted by molar-refractivity contribution is -0.174. The standard InChI is InChI=1S/C12H14O3/c1-2-14-12(13)11-10(8-15-11)9-6-4-3-5-7-9/h3-7,10-11H,2,8H2,1H3/t10-,11-/m1/s1. The van der Waals surface area contributed by atoms with Crippen molar-refractivity contribution in [3.8, 4) is 0 Å². The second-order valence-corrected chi connectivity index (χ2v) is 3.52. The molecule has 80 valence electrons. The average Bonchev–Trinajstić information content (AvgIpc) is 2.18. The number of benzene rings is 1. The molecule has 0 aromatic heterocycles. The summed E-state index contributed by atoms with van der Waals surface area (Å²) in [4.78, 5) is 11.5. The van der Waals surface area contributed by atoms with Gasteiger partial charge in [0.1, 0.15) is 0 Å². The van der Waals surface area contributed by atoms with Crippen molar-refractivity contribution in [1.82, 2.24) is 0 Å². The van der Waals surface area contributed by atoms with Crippen LogP contribution in [-0.4, -0.2) is 25.3 Å². The summed E-state index contributed by atoms with van der Waals surface area (Å²) in [5.41, 5.74) is 1.14. The van der Waals surface area contributed by atoms with E-state index in [9.17, 15) is 4.79 Å². The van der Waals surface area contributed by atoms with Crippen LogP contribution in [-0.2, 0) is 14.3 Å². The zero-order valence-electron chi connectivity index (χ0n) is 8.68. The van der Waals surface area contributed by atoms with E-state index in [1.54, 1.807) is 6.92 Å². The summed E-state index contributed by atoms with van der Waals surface area (Å²) in [5, 5.41) is 0. The predicted octanol–water partition coefficient (Wildman–Crippen LogP) is 1.73. The first-order chi connectivity index (χ1) is 7.33. The number of carbonyl (C=O) groups excluding carboxylic acids is 1. The Kier molecular flexibility index (Phi) is 3.02. The largest absolute Gasteiger partial charge is 0.464 e. The summed E-state index contributed by atoms with van der Waals surface area (Å²) in [6.07, 6.45) is -0.410. The van der Waals surface area contributed by atoms with Crippen LogP contribution in [0.25, 0.3) is 0 Å². The van der Waals surface area contributed by atoms with Gasteiger partial charge in [-0.25, -0.2) is 4.79 Å². The minimum Gasteiger partial charge on any atom is -0.464 e. The molecule has 0 unspecified atom stereocenters. The minimum atomic E-state index is -0.410. The maximum atomic E-state index is 11.5. The molecule has 1 saturated heterocycles. The third-order valence-corrected chi connectivity index (χ3v) is 2.57. The van der Waals surface area contributed by atoms with Gasteiger partial charge in [0.25, 0.3) is 0 Å². The van der Waals surface area contributed by atoms with Crippen LogP contribution >= 0.6 is 0 Å².